The summed E-state index contributed by atoms with van der Waals surface area (Å²) in [7, 11) is 0. The molecule has 1 aromatic carbocycles. The van der Waals surface area contributed by atoms with Gasteiger partial charge in [0.25, 0.3) is 0 Å². The molecule has 0 saturated heterocycles. The minimum Gasteiger partial charge on any atom is -0.454 e. The Bertz CT molecular complexity index is 202. The summed E-state index contributed by atoms with van der Waals surface area (Å²) >= 11 is 0. The molecular formula is C7H7MgO2. The molecule has 1 heterocycles. The van der Waals surface area contributed by atoms with Crippen LogP contribution in [-0.4, -0.2) is 29.8 Å². The van der Waals surface area contributed by atoms with Crippen molar-refractivity contribution < 1.29 is 9.47 Å². The average Bonchev–Trinajstić information content (AvgIpc) is 2.33. The van der Waals surface area contributed by atoms with Gasteiger partial charge in [-0.05, 0) is 18.2 Å². The van der Waals surface area contributed by atoms with Gasteiger partial charge in [0, 0.05) is 0 Å². The van der Waals surface area contributed by atoms with Gasteiger partial charge in [-0.1, -0.05) is 6.07 Å². The molecule has 0 fully saturated rings. The van der Waals surface area contributed by atoms with Gasteiger partial charge in [0.1, 0.15) is 0 Å². The molecule has 0 bridgehead atoms. The SMILES string of the molecule is [MgH2].[c]1ccc2c(c1)OCO2. The highest BCUT2D eigenvalue weighted by molar-refractivity contribution is 5.75. The third kappa shape index (κ3) is 1.20. The van der Waals surface area contributed by atoms with E-state index in [-0.39, 0.29) is 23.1 Å². The van der Waals surface area contributed by atoms with Gasteiger partial charge in [-0.2, -0.15) is 0 Å². The van der Waals surface area contributed by atoms with Gasteiger partial charge in [-0.15, -0.1) is 0 Å². The molecule has 1 aromatic rings. The van der Waals surface area contributed by atoms with Crippen LogP contribution in [0.3, 0.4) is 0 Å². The first kappa shape index (κ1) is 7.69. The Balaban J connectivity index is 0.000000500. The maximum absolute atomic E-state index is 5.06. The maximum atomic E-state index is 5.06. The van der Waals surface area contributed by atoms with E-state index >= 15 is 0 Å². The van der Waals surface area contributed by atoms with E-state index in [0.717, 1.165) is 11.5 Å². The first-order valence-electron chi connectivity index (χ1n) is 2.72. The molecule has 1 radical (unpaired) electrons. The van der Waals surface area contributed by atoms with Crippen LogP contribution in [-0.2, 0) is 0 Å². The molecule has 2 rings (SSSR count). The van der Waals surface area contributed by atoms with Crippen molar-refractivity contribution in [2.75, 3.05) is 6.79 Å². The van der Waals surface area contributed by atoms with Gasteiger partial charge in [0.05, 0.1) is 0 Å². The van der Waals surface area contributed by atoms with Crippen molar-refractivity contribution in [2.24, 2.45) is 0 Å². The molecule has 49 valence electrons. The van der Waals surface area contributed by atoms with E-state index in [9.17, 15) is 0 Å². The van der Waals surface area contributed by atoms with Crippen molar-refractivity contribution in [3.05, 3.63) is 24.3 Å². The lowest BCUT2D eigenvalue weighted by atomic mass is 10.3. The Kier molecular flexibility index (Phi) is 2.40. The van der Waals surface area contributed by atoms with E-state index in [1.165, 1.54) is 0 Å². The lowest BCUT2D eigenvalue weighted by Gasteiger charge is -1.89. The molecule has 0 unspecified atom stereocenters. The van der Waals surface area contributed by atoms with Crippen molar-refractivity contribution in [1.82, 2.24) is 0 Å². The van der Waals surface area contributed by atoms with Gasteiger partial charge in [-0.3, -0.25) is 0 Å². The largest absolute Gasteiger partial charge is 0.454 e. The van der Waals surface area contributed by atoms with Gasteiger partial charge in [0.15, 0.2) is 11.5 Å². The zero-order chi connectivity index (χ0) is 6.10. The van der Waals surface area contributed by atoms with E-state index in [2.05, 4.69) is 6.07 Å². The van der Waals surface area contributed by atoms with Crippen LogP contribution < -0.4 is 9.47 Å². The fraction of sp³-hybridized carbons (Fsp3) is 0.143. The molecule has 1 aliphatic heterocycles. The normalized spacial score (nSPS) is 12.4. The van der Waals surface area contributed by atoms with E-state index < -0.39 is 0 Å². The summed E-state index contributed by atoms with van der Waals surface area (Å²) in [5.74, 6) is 1.60. The fourth-order valence-corrected chi connectivity index (χ4v) is 0.789. The molecular weight excluding hydrogens is 140 g/mol. The second-order valence-electron chi connectivity index (χ2n) is 1.78. The molecule has 0 aliphatic carbocycles. The van der Waals surface area contributed by atoms with Crippen LogP contribution >= 0.6 is 0 Å². The van der Waals surface area contributed by atoms with Crippen LogP contribution in [0.2, 0.25) is 0 Å². The number of ether oxygens (including phenoxy) is 2. The second kappa shape index (κ2) is 3.12. The monoisotopic (exact) mass is 147 g/mol. The van der Waals surface area contributed by atoms with Gasteiger partial charge in [0.2, 0.25) is 6.79 Å². The highest BCUT2D eigenvalue weighted by Gasteiger charge is 2.09. The zero-order valence-corrected chi connectivity index (χ0v) is 4.76. The van der Waals surface area contributed by atoms with Crippen LogP contribution in [0, 0.1) is 6.07 Å². The number of hydrogen-bond acceptors (Lipinski definition) is 2. The number of rotatable bonds is 0. The summed E-state index contributed by atoms with van der Waals surface area (Å²) in [4.78, 5) is 0. The minimum atomic E-state index is 0. The molecule has 0 aromatic heterocycles. The maximum Gasteiger partial charge on any atom is 0.316 e. The minimum absolute atomic E-state index is 0. The van der Waals surface area contributed by atoms with Gasteiger partial charge >= 0.3 is 23.1 Å². The molecule has 1 aliphatic rings. The van der Waals surface area contributed by atoms with Crippen molar-refractivity contribution in [2.45, 2.75) is 0 Å². The first-order valence-corrected chi connectivity index (χ1v) is 2.72. The Labute approximate surface area is 75.3 Å². The molecule has 3 heteroatoms. The molecule has 0 N–H and O–H groups in total. The van der Waals surface area contributed by atoms with E-state index in [0.29, 0.717) is 6.79 Å². The molecule has 0 spiro atoms. The smallest absolute Gasteiger partial charge is 0.316 e. The lowest BCUT2D eigenvalue weighted by Crippen LogP contribution is -1.92. The average molecular weight is 147 g/mol. The van der Waals surface area contributed by atoms with Crippen LogP contribution in [0.5, 0.6) is 11.5 Å². The Morgan fingerprint density at radius 3 is 2.90 bits per heavy atom. The third-order valence-corrected chi connectivity index (χ3v) is 1.22. The third-order valence-electron chi connectivity index (χ3n) is 1.22. The van der Waals surface area contributed by atoms with Crippen molar-refractivity contribution in [3.8, 4) is 11.5 Å². The van der Waals surface area contributed by atoms with Crippen LogP contribution in [0.4, 0.5) is 0 Å². The van der Waals surface area contributed by atoms with Gasteiger partial charge in [-0.25, -0.2) is 0 Å². The Morgan fingerprint density at radius 2 is 2.10 bits per heavy atom. The fourth-order valence-electron chi connectivity index (χ4n) is 0.789. The summed E-state index contributed by atoms with van der Waals surface area (Å²) in [6.07, 6.45) is 0. The number of hydrogen-bond donors (Lipinski definition) is 0. The molecule has 0 atom stereocenters. The molecule has 0 amide bonds. The summed E-state index contributed by atoms with van der Waals surface area (Å²) in [5.41, 5.74) is 0. The lowest BCUT2D eigenvalue weighted by molar-refractivity contribution is 0.174. The summed E-state index contributed by atoms with van der Waals surface area (Å²) in [5, 5.41) is 0. The summed E-state index contributed by atoms with van der Waals surface area (Å²) in [6, 6.07) is 8.29. The predicted molar refractivity (Wildman–Crippen MR) is 39.9 cm³/mol. The van der Waals surface area contributed by atoms with Gasteiger partial charge < -0.3 is 9.47 Å². The highest BCUT2D eigenvalue weighted by atomic mass is 24.3. The highest BCUT2D eigenvalue weighted by Crippen LogP contribution is 2.29. The number of benzene rings is 1. The first-order chi connectivity index (χ1) is 4.47. The molecule has 0 saturated carbocycles. The van der Waals surface area contributed by atoms with E-state index in [1.807, 2.05) is 6.07 Å². The second-order valence-corrected chi connectivity index (χ2v) is 1.78. The number of fused-ring (bicyclic) bond motifs is 1. The van der Waals surface area contributed by atoms with Crippen molar-refractivity contribution >= 4 is 23.1 Å². The molecule has 10 heavy (non-hydrogen) atoms. The Morgan fingerprint density at radius 1 is 1.30 bits per heavy atom. The topological polar surface area (TPSA) is 18.5 Å². The van der Waals surface area contributed by atoms with Crippen molar-refractivity contribution in [3.63, 3.8) is 0 Å². The van der Waals surface area contributed by atoms with E-state index in [1.54, 1.807) is 12.1 Å². The Hall–Kier alpha value is -0.414. The molecule has 2 nitrogen and oxygen atoms in total. The summed E-state index contributed by atoms with van der Waals surface area (Å²) < 4.78 is 10.1. The predicted octanol–water partition coefficient (Wildman–Crippen LogP) is 0.299. The summed E-state index contributed by atoms with van der Waals surface area (Å²) in [6.45, 7) is 0.340. The van der Waals surface area contributed by atoms with Crippen LogP contribution in [0.15, 0.2) is 18.2 Å². The standard InChI is InChI=1S/C7H5O2.Mg.2H/c1-2-4-7-6(3-1)8-5-9-7;;;/h1,3-4H,5H2;;;. The van der Waals surface area contributed by atoms with Crippen molar-refractivity contribution in [1.29, 1.82) is 0 Å². The van der Waals surface area contributed by atoms with E-state index in [4.69, 9.17) is 9.47 Å². The van der Waals surface area contributed by atoms with Crippen LogP contribution in [0.25, 0.3) is 0 Å². The zero-order valence-electron chi connectivity index (χ0n) is 4.76. The van der Waals surface area contributed by atoms with Crippen LogP contribution in [0.1, 0.15) is 0 Å². The quantitative estimate of drug-likeness (QED) is 0.492.